The molecule has 5 nitrogen and oxygen atoms in total. The van der Waals surface area contributed by atoms with Gasteiger partial charge >= 0.3 is 0 Å². The number of benzene rings is 2. The molecule has 1 heterocycles. The zero-order chi connectivity index (χ0) is 19.6. The van der Waals surface area contributed by atoms with Gasteiger partial charge in [0.2, 0.25) is 5.16 Å². The van der Waals surface area contributed by atoms with Crippen molar-refractivity contribution in [1.82, 2.24) is 15.2 Å². The summed E-state index contributed by atoms with van der Waals surface area (Å²) < 4.78 is 5.35. The average molecular weight is 402 g/mol. The lowest BCUT2D eigenvalue weighted by molar-refractivity contribution is 0.102. The molecule has 0 aliphatic rings. The van der Waals surface area contributed by atoms with Gasteiger partial charge in [-0.15, -0.1) is 5.10 Å². The van der Waals surface area contributed by atoms with E-state index in [1.165, 1.54) is 17.3 Å². The van der Waals surface area contributed by atoms with Gasteiger partial charge in [-0.2, -0.15) is 0 Å². The van der Waals surface area contributed by atoms with Crippen LogP contribution in [-0.2, 0) is 0 Å². The fourth-order valence-corrected chi connectivity index (χ4v) is 3.62. The Balaban J connectivity index is 1.75. The number of aryl methyl sites for hydroxylation is 3. The van der Waals surface area contributed by atoms with Crippen molar-refractivity contribution in [3.63, 3.8) is 0 Å². The van der Waals surface area contributed by atoms with E-state index in [4.69, 9.17) is 16.3 Å². The molecule has 1 N–H and O–H groups in total. The lowest BCUT2D eigenvalue weighted by Gasteiger charge is -2.08. The SMILES string of the molecule is COc1ccc(Cl)cc1-c1nc(SCC(=O)c2cc(C)c(C)cc2C)n[nH]1. The number of aromatic nitrogens is 3. The minimum absolute atomic E-state index is 0.0623. The van der Waals surface area contributed by atoms with E-state index in [9.17, 15) is 4.79 Å². The molecule has 0 atom stereocenters. The van der Waals surface area contributed by atoms with Crippen molar-refractivity contribution >= 4 is 29.1 Å². The topological polar surface area (TPSA) is 67.9 Å². The van der Waals surface area contributed by atoms with Gasteiger partial charge < -0.3 is 4.74 Å². The van der Waals surface area contributed by atoms with Gasteiger partial charge in [-0.3, -0.25) is 9.89 Å². The Labute approximate surface area is 167 Å². The first-order chi connectivity index (χ1) is 12.9. The number of nitrogens with zero attached hydrogens (tertiary/aromatic N) is 2. The second-order valence-electron chi connectivity index (χ2n) is 6.27. The Bertz CT molecular complexity index is 1000. The van der Waals surface area contributed by atoms with Gasteiger partial charge in [0.25, 0.3) is 0 Å². The van der Waals surface area contributed by atoms with E-state index < -0.39 is 0 Å². The Morgan fingerprint density at radius 3 is 2.63 bits per heavy atom. The van der Waals surface area contributed by atoms with Crippen LogP contribution in [0.4, 0.5) is 0 Å². The highest BCUT2D eigenvalue weighted by Crippen LogP contribution is 2.31. The molecule has 140 valence electrons. The Kier molecular flexibility index (Phi) is 5.87. The molecule has 0 aliphatic heterocycles. The average Bonchev–Trinajstić information content (AvgIpc) is 3.11. The predicted molar refractivity (Wildman–Crippen MR) is 109 cm³/mol. The monoisotopic (exact) mass is 401 g/mol. The standard InChI is InChI=1S/C20H20ClN3O2S/c1-11-7-13(3)15(8-12(11)2)17(25)10-27-20-22-19(23-24-20)16-9-14(21)5-6-18(16)26-4/h5-9H,10H2,1-4H3,(H,22,23,24). The first kappa shape index (κ1) is 19.5. The minimum Gasteiger partial charge on any atom is -0.496 e. The largest absolute Gasteiger partial charge is 0.496 e. The highest BCUT2D eigenvalue weighted by atomic mass is 35.5. The van der Waals surface area contributed by atoms with E-state index in [1.54, 1.807) is 25.3 Å². The quantitative estimate of drug-likeness (QED) is 0.463. The summed E-state index contributed by atoms with van der Waals surface area (Å²) in [6.07, 6.45) is 0. The van der Waals surface area contributed by atoms with Crippen LogP contribution in [0.15, 0.2) is 35.5 Å². The van der Waals surface area contributed by atoms with E-state index in [0.29, 0.717) is 21.8 Å². The number of methoxy groups -OCH3 is 1. The van der Waals surface area contributed by atoms with Crippen LogP contribution in [0.2, 0.25) is 5.02 Å². The van der Waals surface area contributed by atoms with Crippen LogP contribution in [0.3, 0.4) is 0 Å². The lowest BCUT2D eigenvalue weighted by Crippen LogP contribution is -2.06. The summed E-state index contributed by atoms with van der Waals surface area (Å²) in [4.78, 5) is 17.1. The Hall–Kier alpha value is -2.31. The van der Waals surface area contributed by atoms with E-state index in [2.05, 4.69) is 15.2 Å². The molecular formula is C20H20ClN3O2S. The summed E-state index contributed by atoms with van der Waals surface area (Å²) in [7, 11) is 1.59. The highest BCUT2D eigenvalue weighted by molar-refractivity contribution is 7.99. The van der Waals surface area contributed by atoms with Crippen LogP contribution < -0.4 is 4.74 Å². The van der Waals surface area contributed by atoms with Crippen LogP contribution in [0.25, 0.3) is 11.4 Å². The van der Waals surface area contributed by atoms with Crippen LogP contribution in [0.5, 0.6) is 5.75 Å². The van der Waals surface area contributed by atoms with Gasteiger partial charge in [-0.25, -0.2) is 4.98 Å². The van der Waals surface area contributed by atoms with E-state index in [0.717, 1.165) is 22.3 Å². The maximum Gasteiger partial charge on any atom is 0.209 e. The number of carbonyl (C=O) groups is 1. The number of thioether (sulfide) groups is 1. The van der Waals surface area contributed by atoms with Crippen LogP contribution in [0, 0.1) is 20.8 Å². The smallest absolute Gasteiger partial charge is 0.209 e. The number of hydrogen-bond donors (Lipinski definition) is 1. The van der Waals surface area contributed by atoms with Crippen LogP contribution in [0.1, 0.15) is 27.0 Å². The van der Waals surface area contributed by atoms with Crippen molar-refractivity contribution in [2.75, 3.05) is 12.9 Å². The summed E-state index contributed by atoms with van der Waals surface area (Å²) >= 11 is 7.37. The van der Waals surface area contributed by atoms with Crippen molar-refractivity contribution in [1.29, 1.82) is 0 Å². The third kappa shape index (κ3) is 4.34. The fourth-order valence-electron chi connectivity index (χ4n) is 2.77. The number of Topliss-reactive ketones (excluding diaryl/α,β-unsaturated/α-hetero) is 1. The minimum atomic E-state index is 0.0623. The van der Waals surface area contributed by atoms with Gasteiger partial charge in [0.05, 0.1) is 18.4 Å². The first-order valence-electron chi connectivity index (χ1n) is 8.39. The van der Waals surface area contributed by atoms with Gasteiger partial charge in [0, 0.05) is 10.6 Å². The summed E-state index contributed by atoms with van der Waals surface area (Å²) in [5, 5.41) is 8.16. The number of H-pyrrole nitrogens is 1. The molecule has 3 aromatic rings. The number of ether oxygens (including phenoxy) is 1. The summed E-state index contributed by atoms with van der Waals surface area (Å²) in [5.41, 5.74) is 4.76. The number of rotatable bonds is 6. The number of nitrogens with one attached hydrogen (secondary N) is 1. The zero-order valence-electron chi connectivity index (χ0n) is 15.6. The molecule has 0 bridgehead atoms. The second kappa shape index (κ2) is 8.15. The molecule has 0 spiro atoms. The molecule has 27 heavy (non-hydrogen) atoms. The number of carbonyl (C=O) groups excluding carboxylic acids is 1. The first-order valence-corrected chi connectivity index (χ1v) is 9.75. The molecule has 0 radical (unpaired) electrons. The third-order valence-electron chi connectivity index (χ3n) is 4.36. The Morgan fingerprint density at radius 2 is 1.89 bits per heavy atom. The number of ketones is 1. The molecule has 0 amide bonds. The van der Waals surface area contributed by atoms with Crippen molar-refractivity contribution < 1.29 is 9.53 Å². The van der Waals surface area contributed by atoms with Crippen molar-refractivity contribution in [2.24, 2.45) is 0 Å². The molecule has 2 aromatic carbocycles. The summed E-state index contributed by atoms with van der Waals surface area (Å²) in [6, 6.07) is 9.29. The van der Waals surface area contributed by atoms with Crippen molar-refractivity contribution in [3.8, 4) is 17.1 Å². The van der Waals surface area contributed by atoms with Gasteiger partial charge in [0.1, 0.15) is 5.75 Å². The molecule has 0 unspecified atom stereocenters. The van der Waals surface area contributed by atoms with Gasteiger partial charge in [-0.1, -0.05) is 29.4 Å². The van der Waals surface area contributed by atoms with Crippen molar-refractivity contribution in [2.45, 2.75) is 25.9 Å². The summed E-state index contributed by atoms with van der Waals surface area (Å²) in [6.45, 7) is 6.02. The zero-order valence-corrected chi connectivity index (χ0v) is 17.2. The Morgan fingerprint density at radius 1 is 1.15 bits per heavy atom. The molecular weight excluding hydrogens is 382 g/mol. The molecule has 7 heteroatoms. The second-order valence-corrected chi connectivity index (χ2v) is 7.65. The van der Waals surface area contributed by atoms with Gasteiger partial charge in [0.15, 0.2) is 11.6 Å². The highest BCUT2D eigenvalue weighted by Gasteiger charge is 2.15. The number of aromatic amines is 1. The molecule has 3 rings (SSSR count). The van der Waals surface area contributed by atoms with E-state index in [-0.39, 0.29) is 11.5 Å². The van der Waals surface area contributed by atoms with E-state index >= 15 is 0 Å². The fraction of sp³-hybridized carbons (Fsp3) is 0.250. The molecule has 0 saturated heterocycles. The molecule has 0 saturated carbocycles. The lowest BCUT2D eigenvalue weighted by atomic mass is 9.99. The normalized spacial score (nSPS) is 10.9. The maximum absolute atomic E-state index is 12.6. The van der Waals surface area contributed by atoms with Crippen LogP contribution in [-0.4, -0.2) is 33.8 Å². The molecule has 1 aromatic heterocycles. The van der Waals surface area contributed by atoms with E-state index in [1.807, 2.05) is 32.9 Å². The van der Waals surface area contributed by atoms with Gasteiger partial charge in [-0.05, 0) is 61.7 Å². The number of hydrogen-bond acceptors (Lipinski definition) is 5. The summed E-state index contributed by atoms with van der Waals surface area (Å²) in [5.74, 6) is 1.53. The van der Waals surface area contributed by atoms with Crippen LogP contribution >= 0.6 is 23.4 Å². The van der Waals surface area contributed by atoms with Crippen molar-refractivity contribution in [3.05, 3.63) is 57.6 Å². The maximum atomic E-state index is 12.6. The number of halogens is 1. The molecule has 0 aliphatic carbocycles. The predicted octanol–water partition coefficient (Wildman–Crippen LogP) is 5.03. The third-order valence-corrected chi connectivity index (χ3v) is 5.44. The molecule has 0 fully saturated rings.